The Labute approximate surface area is 165 Å². The number of para-hydroxylation sites is 1. The molecular formula is C21H17N5OS. The molecule has 2 heterocycles. The molecule has 1 amide bonds. The molecule has 1 aliphatic carbocycles. The van der Waals surface area contributed by atoms with Crippen LogP contribution in [0.5, 0.6) is 0 Å². The maximum atomic E-state index is 11.4. The largest absolute Gasteiger partial charge is 0.338 e. The molecule has 2 aromatic heterocycles. The highest BCUT2D eigenvalue weighted by molar-refractivity contribution is 7.22. The van der Waals surface area contributed by atoms with Crippen molar-refractivity contribution in [2.75, 3.05) is 10.6 Å². The average molecular weight is 387 g/mol. The fraction of sp³-hybridized carbons (Fsp3) is 0.143. The average Bonchev–Trinajstić information content (AvgIpc) is 3.11. The minimum absolute atomic E-state index is 0.128. The number of aromatic nitrogens is 3. The maximum absolute atomic E-state index is 11.4. The van der Waals surface area contributed by atoms with Crippen LogP contribution in [-0.4, -0.2) is 20.9 Å². The first kappa shape index (κ1) is 16.8. The molecule has 0 saturated carbocycles. The number of carbonyl (C=O) groups is 1. The lowest BCUT2D eigenvalue weighted by molar-refractivity contribution is -0.114. The second-order valence-corrected chi connectivity index (χ2v) is 7.71. The van der Waals surface area contributed by atoms with E-state index in [0.717, 1.165) is 45.8 Å². The Morgan fingerprint density at radius 2 is 1.96 bits per heavy atom. The van der Waals surface area contributed by atoms with Crippen molar-refractivity contribution in [3.63, 3.8) is 0 Å². The minimum atomic E-state index is -0.128. The van der Waals surface area contributed by atoms with Crippen LogP contribution in [0.15, 0.2) is 48.8 Å². The first-order valence-corrected chi connectivity index (χ1v) is 9.87. The van der Waals surface area contributed by atoms with Gasteiger partial charge >= 0.3 is 0 Å². The number of carbonyl (C=O) groups excluding carboxylic acids is 1. The number of hydrogen-bond acceptors (Lipinski definition) is 6. The first-order valence-electron chi connectivity index (χ1n) is 9.05. The van der Waals surface area contributed by atoms with Gasteiger partial charge in [-0.1, -0.05) is 41.7 Å². The number of fused-ring (bicyclic) bond motifs is 4. The highest BCUT2D eigenvalue weighted by Gasteiger charge is 2.21. The van der Waals surface area contributed by atoms with E-state index < -0.39 is 0 Å². The molecule has 1 aliphatic rings. The lowest BCUT2D eigenvalue weighted by atomic mass is 9.89. The van der Waals surface area contributed by atoms with Gasteiger partial charge in [0, 0.05) is 18.1 Å². The van der Waals surface area contributed by atoms with E-state index >= 15 is 0 Å². The van der Waals surface area contributed by atoms with Gasteiger partial charge in [0.1, 0.15) is 17.7 Å². The Bertz CT molecular complexity index is 1220. The number of benzene rings is 2. The second-order valence-electron chi connectivity index (χ2n) is 6.68. The van der Waals surface area contributed by atoms with Crippen molar-refractivity contribution in [3.8, 4) is 11.3 Å². The Balaban J connectivity index is 1.56. The van der Waals surface area contributed by atoms with Crippen LogP contribution >= 0.6 is 11.3 Å². The molecule has 2 aromatic carbocycles. The molecule has 0 fully saturated rings. The molecule has 28 heavy (non-hydrogen) atoms. The summed E-state index contributed by atoms with van der Waals surface area (Å²) in [6.07, 6.45) is 3.46. The molecule has 0 saturated heterocycles. The number of nitrogens with one attached hydrogen (secondary N) is 2. The Morgan fingerprint density at radius 3 is 2.86 bits per heavy atom. The predicted octanol–water partition coefficient (Wildman–Crippen LogP) is 4.55. The van der Waals surface area contributed by atoms with Gasteiger partial charge in [-0.05, 0) is 30.5 Å². The quantitative estimate of drug-likeness (QED) is 0.539. The molecule has 5 rings (SSSR count). The third kappa shape index (κ3) is 2.90. The Morgan fingerprint density at radius 1 is 1.07 bits per heavy atom. The summed E-state index contributed by atoms with van der Waals surface area (Å²) >= 11 is 1.45. The van der Waals surface area contributed by atoms with Crippen LogP contribution in [0, 0.1) is 0 Å². The van der Waals surface area contributed by atoms with E-state index in [4.69, 9.17) is 0 Å². The van der Waals surface area contributed by atoms with Crippen LogP contribution in [0.1, 0.15) is 18.1 Å². The van der Waals surface area contributed by atoms with Crippen molar-refractivity contribution in [2.45, 2.75) is 19.8 Å². The van der Waals surface area contributed by atoms with E-state index in [-0.39, 0.29) is 5.91 Å². The highest BCUT2D eigenvalue weighted by Crippen LogP contribution is 2.37. The van der Waals surface area contributed by atoms with Crippen LogP contribution in [0.3, 0.4) is 0 Å². The maximum Gasteiger partial charge on any atom is 0.223 e. The number of rotatable bonds is 3. The van der Waals surface area contributed by atoms with Crippen molar-refractivity contribution in [1.82, 2.24) is 15.0 Å². The zero-order chi connectivity index (χ0) is 19.1. The van der Waals surface area contributed by atoms with E-state index in [1.807, 2.05) is 24.3 Å². The summed E-state index contributed by atoms with van der Waals surface area (Å²) < 4.78 is 1.00. The minimum Gasteiger partial charge on any atom is -0.338 e. The fourth-order valence-corrected chi connectivity index (χ4v) is 4.54. The Hall–Kier alpha value is -3.32. The van der Waals surface area contributed by atoms with Gasteiger partial charge < -0.3 is 10.6 Å². The van der Waals surface area contributed by atoms with Crippen LogP contribution in [0.4, 0.5) is 16.6 Å². The SMILES string of the molecule is CC(=O)Nc1nc2c(Nc3ncnc4c3CCc3ccccc3-4)cccc2s1. The van der Waals surface area contributed by atoms with E-state index in [0.29, 0.717) is 5.13 Å². The summed E-state index contributed by atoms with van der Waals surface area (Å²) in [5, 5.41) is 6.81. The summed E-state index contributed by atoms with van der Waals surface area (Å²) in [5.41, 5.74) is 6.29. The van der Waals surface area contributed by atoms with Crippen LogP contribution in [0.25, 0.3) is 21.5 Å². The zero-order valence-corrected chi connectivity index (χ0v) is 16.0. The molecule has 138 valence electrons. The van der Waals surface area contributed by atoms with Gasteiger partial charge in [-0.3, -0.25) is 4.79 Å². The van der Waals surface area contributed by atoms with Gasteiger partial charge in [-0.2, -0.15) is 0 Å². The number of nitrogens with zero attached hydrogens (tertiary/aromatic N) is 3. The van der Waals surface area contributed by atoms with Crippen LogP contribution in [-0.2, 0) is 17.6 Å². The monoisotopic (exact) mass is 387 g/mol. The van der Waals surface area contributed by atoms with Crippen molar-refractivity contribution in [3.05, 3.63) is 59.9 Å². The van der Waals surface area contributed by atoms with Gasteiger partial charge in [0.05, 0.1) is 16.1 Å². The normalized spacial score (nSPS) is 12.3. The van der Waals surface area contributed by atoms with E-state index in [1.54, 1.807) is 6.33 Å². The highest BCUT2D eigenvalue weighted by atomic mass is 32.1. The van der Waals surface area contributed by atoms with Gasteiger partial charge in [-0.25, -0.2) is 15.0 Å². The third-order valence-electron chi connectivity index (χ3n) is 4.82. The second kappa shape index (κ2) is 6.69. The summed E-state index contributed by atoms with van der Waals surface area (Å²) in [6, 6.07) is 14.3. The number of hydrogen-bond donors (Lipinski definition) is 2. The molecule has 2 N–H and O–H groups in total. The molecule has 0 atom stereocenters. The molecule has 0 spiro atoms. The number of aryl methyl sites for hydroxylation is 1. The van der Waals surface area contributed by atoms with Crippen molar-refractivity contribution < 1.29 is 4.79 Å². The number of anilines is 3. The summed E-state index contributed by atoms with van der Waals surface area (Å²) in [5.74, 6) is 0.679. The van der Waals surface area contributed by atoms with E-state index in [1.165, 1.54) is 29.4 Å². The zero-order valence-electron chi connectivity index (χ0n) is 15.2. The fourth-order valence-electron chi connectivity index (χ4n) is 3.60. The van der Waals surface area contributed by atoms with E-state index in [2.05, 4.69) is 43.8 Å². The standard InChI is InChI=1S/C21H17N5OS/c1-12(27)24-21-26-19-16(7-4-8-17(19)28-21)25-20-15-10-9-13-5-2-3-6-14(13)18(15)22-11-23-20/h2-8,11H,9-10H2,1H3,(H,22,23,25)(H,24,26,27). The van der Waals surface area contributed by atoms with Crippen molar-refractivity contribution in [2.24, 2.45) is 0 Å². The first-order chi connectivity index (χ1) is 13.7. The van der Waals surface area contributed by atoms with Crippen molar-refractivity contribution in [1.29, 1.82) is 0 Å². The summed E-state index contributed by atoms with van der Waals surface area (Å²) in [6.45, 7) is 1.48. The smallest absolute Gasteiger partial charge is 0.223 e. The summed E-state index contributed by atoms with van der Waals surface area (Å²) in [4.78, 5) is 25.0. The number of amides is 1. The van der Waals surface area contributed by atoms with Crippen LogP contribution in [0.2, 0.25) is 0 Å². The summed E-state index contributed by atoms with van der Waals surface area (Å²) in [7, 11) is 0. The van der Waals surface area contributed by atoms with Gasteiger partial charge in [0.25, 0.3) is 0 Å². The Kier molecular flexibility index (Phi) is 4.02. The lowest BCUT2D eigenvalue weighted by Crippen LogP contribution is -2.10. The van der Waals surface area contributed by atoms with Gasteiger partial charge in [-0.15, -0.1) is 0 Å². The topological polar surface area (TPSA) is 79.8 Å². The van der Waals surface area contributed by atoms with Crippen molar-refractivity contribution >= 4 is 44.1 Å². The van der Waals surface area contributed by atoms with Gasteiger partial charge in [0.2, 0.25) is 5.91 Å². The molecule has 4 aromatic rings. The van der Waals surface area contributed by atoms with E-state index in [9.17, 15) is 4.79 Å². The third-order valence-corrected chi connectivity index (χ3v) is 5.75. The van der Waals surface area contributed by atoms with Gasteiger partial charge in [0.15, 0.2) is 5.13 Å². The molecule has 0 unspecified atom stereocenters. The molecular weight excluding hydrogens is 370 g/mol. The lowest BCUT2D eigenvalue weighted by Gasteiger charge is -2.21. The molecule has 0 bridgehead atoms. The number of thiazole rings is 1. The predicted molar refractivity (Wildman–Crippen MR) is 112 cm³/mol. The molecule has 6 nitrogen and oxygen atoms in total. The molecule has 0 radical (unpaired) electrons. The molecule has 7 heteroatoms. The molecule has 0 aliphatic heterocycles. The van der Waals surface area contributed by atoms with Crippen LogP contribution < -0.4 is 10.6 Å².